The summed E-state index contributed by atoms with van der Waals surface area (Å²) < 4.78 is 0. The largest absolute Gasteiger partial charge is 1.00 e. The molecule has 5 heteroatoms. The van der Waals surface area contributed by atoms with Crippen LogP contribution in [-0.2, 0) is 0 Å². The summed E-state index contributed by atoms with van der Waals surface area (Å²) in [5.41, 5.74) is 0. The van der Waals surface area contributed by atoms with Gasteiger partial charge in [-0.05, 0) is 0 Å². The minimum absolute atomic E-state index is 0. The molecule has 0 aromatic heterocycles. The van der Waals surface area contributed by atoms with Gasteiger partial charge in [0, 0.05) is 0 Å². The molecule has 0 bridgehead atoms. The third-order valence-corrected chi connectivity index (χ3v) is 0. The molecule has 0 atom stereocenters. The first-order valence-electron chi connectivity index (χ1n) is 0.730. The normalized spacial score (nSPS) is 5.40. The Morgan fingerprint density at radius 2 is 1.40 bits per heavy atom. The Kier molecular flexibility index (Phi) is 8.28. The summed E-state index contributed by atoms with van der Waals surface area (Å²) >= 11 is 0. The van der Waals surface area contributed by atoms with Gasteiger partial charge in [0.2, 0.25) is 0 Å². The first-order valence-corrected chi connectivity index (χ1v) is 0.730. The quantitative estimate of drug-likeness (QED) is 0.286. The topological polar surface area (TPSA) is 66.3 Å². The van der Waals surface area contributed by atoms with Gasteiger partial charge in [0.15, 0.2) is 0 Å². The van der Waals surface area contributed by atoms with Crippen LogP contribution in [0.2, 0.25) is 0 Å². The molecule has 0 fully saturated rings. The Labute approximate surface area is 42.0 Å². The minimum Gasteiger partial charge on any atom is -0.871 e. The van der Waals surface area contributed by atoms with Crippen LogP contribution in [0.4, 0.5) is 0 Å². The van der Waals surface area contributed by atoms with Gasteiger partial charge in [-0.15, -0.1) is 0 Å². The molecule has 1 N–H and O–H groups in total. The Morgan fingerprint density at radius 3 is 1.40 bits per heavy atom. The zero-order chi connectivity index (χ0) is 3.58. The molecule has 24 valence electrons. The SMILES string of the molecule is [Li+].[O-]B([O-])O. The molecular weight excluding hydrogens is 65.8 g/mol. The second kappa shape index (κ2) is 4.54. The Bertz CT molecular complexity index is 11.6. The van der Waals surface area contributed by atoms with Crippen molar-refractivity contribution in [2.75, 3.05) is 0 Å². The maximum Gasteiger partial charge on any atom is 1.00 e. The maximum absolute atomic E-state index is 8.53. The van der Waals surface area contributed by atoms with E-state index in [-0.39, 0.29) is 18.9 Å². The summed E-state index contributed by atoms with van der Waals surface area (Å²) in [5.74, 6) is 0. The molecule has 0 amide bonds. The van der Waals surface area contributed by atoms with Crippen LogP contribution in [0.25, 0.3) is 0 Å². The van der Waals surface area contributed by atoms with Crippen LogP contribution in [0, 0.1) is 0 Å². The van der Waals surface area contributed by atoms with Gasteiger partial charge in [0.05, 0.1) is 7.32 Å². The van der Waals surface area contributed by atoms with Crippen LogP contribution in [0.15, 0.2) is 0 Å². The molecule has 0 saturated carbocycles. The fourth-order valence-electron chi connectivity index (χ4n) is 0. The van der Waals surface area contributed by atoms with Gasteiger partial charge in [-0.1, -0.05) is 0 Å². The van der Waals surface area contributed by atoms with Crippen molar-refractivity contribution < 1.29 is 33.9 Å². The third-order valence-electron chi connectivity index (χ3n) is 0. The predicted octanol–water partition coefficient (Wildman–Crippen LogP) is -6.31. The van der Waals surface area contributed by atoms with Crippen molar-refractivity contribution in [3.8, 4) is 0 Å². The molecular formula is HBLiO3-. The van der Waals surface area contributed by atoms with Crippen LogP contribution in [-0.4, -0.2) is 12.3 Å². The fraction of sp³-hybridized carbons (Fsp3) is 0. The van der Waals surface area contributed by atoms with E-state index in [1.54, 1.807) is 0 Å². The van der Waals surface area contributed by atoms with E-state index in [0.717, 1.165) is 0 Å². The minimum atomic E-state index is -2.67. The Hall–Kier alpha value is 0.542. The van der Waals surface area contributed by atoms with Crippen molar-refractivity contribution in [2.24, 2.45) is 0 Å². The first kappa shape index (κ1) is 9.11. The summed E-state index contributed by atoms with van der Waals surface area (Å²) in [6.07, 6.45) is 0. The van der Waals surface area contributed by atoms with Crippen molar-refractivity contribution in [1.82, 2.24) is 0 Å². The molecule has 0 saturated heterocycles. The maximum atomic E-state index is 8.53. The smallest absolute Gasteiger partial charge is 0.871 e. The van der Waals surface area contributed by atoms with Crippen LogP contribution in [0.5, 0.6) is 0 Å². The van der Waals surface area contributed by atoms with Gasteiger partial charge in [0.25, 0.3) is 0 Å². The second-order valence-electron chi connectivity index (χ2n) is 0.307. The van der Waals surface area contributed by atoms with E-state index in [1.807, 2.05) is 0 Å². The summed E-state index contributed by atoms with van der Waals surface area (Å²) in [4.78, 5) is 0. The van der Waals surface area contributed by atoms with E-state index in [0.29, 0.717) is 0 Å². The Balaban J connectivity index is 0. The molecule has 0 aromatic rings. The van der Waals surface area contributed by atoms with E-state index >= 15 is 0 Å². The third kappa shape index (κ3) is 99.8. The van der Waals surface area contributed by atoms with Crippen molar-refractivity contribution in [1.29, 1.82) is 0 Å². The van der Waals surface area contributed by atoms with Crippen molar-refractivity contribution in [3.63, 3.8) is 0 Å². The van der Waals surface area contributed by atoms with Crippen molar-refractivity contribution in [3.05, 3.63) is 0 Å². The summed E-state index contributed by atoms with van der Waals surface area (Å²) in [6.45, 7) is 0. The van der Waals surface area contributed by atoms with Gasteiger partial charge in [-0.3, -0.25) is 0 Å². The molecule has 5 heavy (non-hydrogen) atoms. The molecule has 3 nitrogen and oxygen atoms in total. The number of hydrogen-bond donors (Lipinski definition) is 1. The van der Waals surface area contributed by atoms with E-state index in [4.69, 9.17) is 15.1 Å². The molecule has 0 radical (unpaired) electrons. The van der Waals surface area contributed by atoms with E-state index in [9.17, 15) is 0 Å². The van der Waals surface area contributed by atoms with Gasteiger partial charge >= 0.3 is 18.9 Å². The van der Waals surface area contributed by atoms with Crippen LogP contribution >= 0.6 is 0 Å². The molecule has 0 rings (SSSR count). The van der Waals surface area contributed by atoms with Crippen molar-refractivity contribution in [2.45, 2.75) is 0 Å². The number of hydrogen-bond acceptors (Lipinski definition) is 3. The van der Waals surface area contributed by atoms with Crippen LogP contribution in [0.3, 0.4) is 0 Å². The summed E-state index contributed by atoms with van der Waals surface area (Å²) in [6, 6.07) is 0. The van der Waals surface area contributed by atoms with Gasteiger partial charge in [0.1, 0.15) is 0 Å². The Morgan fingerprint density at radius 1 is 1.40 bits per heavy atom. The average Bonchev–Trinajstić information content (AvgIpc) is 0.811. The first-order chi connectivity index (χ1) is 1.73. The molecule has 0 unspecified atom stereocenters. The predicted molar refractivity (Wildman–Crippen MR) is 7.97 cm³/mol. The van der Waals surface area contributed by atoms with Gasteiger partial charge in [-0.25, -0.2) is 0 Å². The van der Waals surface area contributed by atoms with Crippen LogP contribution in [0.1, 0.15) is 0 Å². The zero-order valence-corrected chi connectivity index (χ0v) is 2.84. The molecule has 0 aliphatic heterocycles. The molecule has 0 heterocycles. The average molecular weight is 66.8 g/mol. The second-order valence-corrected chi connectivity index (χ2v) is 0.307. The fourth-order valence-corrected chi connectivity index (χ4v) is 0. The van der Waals surface area contributed by atoms with Gasteiger partial charge < -0.3 is 15.1 Å². The van der Waals surface area contributed by atoms with Gasteiger partial charge in [-0.2, -0.15) is 0 Å². The molecule has 0 aliphatic carbocycles. The van der Waals surface area contributed by atoms with E-state index in [2.05, 4.69) is 0 Å². The standard InChI is InChI=1S/BHO3.Li/c2-1(3)4;/h2H;/q-2;+1. The number of rotatable bonds is 0. The molecule has 0 spiro atoms. The van der Waals surface area contributed by atoms with Crippen LogP contribution < -0.4 is 28.9 Å². The van der Waals surface area contributed by atoms with Crippen molar-refractivity contribution >= 4 is 7.32 Å². The monoisotopic (exact) mass is 67.0 g/mol. The summed E-state index contributed by atoms with van der Waals surface area (Å²) in [5, 5.41) is 24.0. The van der Waals surface area contributed by atoms with E-state index < -0.39 is 7.32 Å². The van der Waals surface area contributed by atoms with E-state index in [1.165, 1.54) is 0 Å². The molecule has 0 aromatic carbocycles. The zero-order valence-electron chi connectivity index (χ0n) is 2.84. The molecule has 0 aliphatic rings. The summed E-state index contributed by atoms with van der Waals surface area (Å²) in [7, 11) is -2.67.